The Balaban J connectivity index is 4.35. The molecule has 0 amide bonds. The molecule has 0 rings (SSSR count). The number of ether oxygens (including phenoxy) is 3. The smallest absolute Gasteiger partial charge is 0.463 e. The van der Waals surface area contributed by atoms with Gasteiger partial charge in [-0.1, -0.05) is 341 Å². The molecule has 5 unspecified atom stereocenters. The minimum absolute atomic E-state index is 0.103. The lowest BCUT2D eigenvalue weighted by atomic mass is 10.0. The predicted molar refractivity (Wildman–Crippen MR) is 436 cm³/mol. The number of hydrogen-bond acceptors (Lipinski definition) is 14. The van der Waals surface area contributed by atoms with Crippen LogP contribution >= 0.6 is 15.6 Å². The molecule has 5 atom stereocenters. The first-order valence-electron chi connectivity index (χ1n) is 41.5. The molecule has 4 N–H and O–H groups in total. The van der Waals surface area contributed by atoms with E-state index >= 15 is 0 Å². The molecular formula is C87H150O16P2. The second-order valence-electron chi connectivity index (χ2n) is 27.5. The van der Waals surface area contributed by atoms with E-state index in [-0.39, 0.29) is 19.3 Å². The Kier molecular flexibility index (Phi) is 76.0. The standard InChI is InChI=1S/C87H150O16P2/c1-4-7-10-13-16-19-22-24-26-28-30-32-34-35-36-37-38-39-40-41-42-43-44-45-47-49-50-52-54-56-59-61-64-67-70-73-85(90)97-76-82(88)77-99-104(93,94)100-78-83(89)79-101-105(95,96)102-81-84(103-87(92)75-72-69-66-63-58-21-18-15-12-9-6-3)80-98-86(91)74-71-68-65-62-60-57-55-53-51-48-46-33-31-29-27-25-23-20-17-14-11-8-5-2/h7-8,10-11,16-17,19-20,24-27,30-33,35-36,38-39,48,51,82-84,88-89H,4-6,9,12-15,18,21-23,28-29,34,37,40-47,49-50,52-81H2,1-3H3,(H,93,94)(H,95,96)/b10-7-,11-8-,19-16-,20-17-,26-24-,27-25-,32-30-,33-31-,36-35-,39-38-,51-48-. The first-order valence-corrected chi connectivity index (χ1v) is 44.5. The number of phosphoric ester groups is 2. The van der Waals surface area contributed by atoms with Crippen LogP contribution < -0.4 is 0 Å². The number of aliphatic hydroxyl groups excluding tert-OH is 2. The van der Waals surface area contributed by atoms with Gasteiger partial charge in [-0.3, -0.25) is 32.5 Å². The summed E-state index contributed by atoms with van der Waals surface area (Å²) in [6, 6.07) is 0. The zero-order valence-corrected chi connectivity index (χ0v) is 67.9. The van der Waals surface area contributed by atoms with Gasteiger partial charge >= 0.3 is 33.6 Å². The molecule has 16 nitrogen and oxygen atoms in total. The summed E-state index contributed by atoms with van der Waals surface area (Å²) in [6.45, 7) is 2.46. The first kappa shape index (κ1) is 101. The van der Waals surface area contributed by atoms with Crippen molar-refractivity contribution in [1.82, 2.24) is 0 Å². The quantitative estimate of drug-likeness (QED) is 0.0146. The van der Waals surface area contributed by atoms with Crippen LogP contribution in [0.25, 0.3) is 0 Å². The van der Waals surface area contributed by atoms with Crippen LogP contribution in [-0.2, 0) is 55.8 Å². The van der Waals surface area contributed by atoms with Crippen molar-refractivity contribution < 1.29 is 75.8 Å². The number of esters is 3. The van der Waals surface area contributed by atoms with Gasteiger partial charge < -0.3 is 34.2 Å². The summed E-state index contributed by atoms with van der Waals surface area (Å²) in [5.74, 6) is -1.58. The molecule has 105 heavy (non-hydrogen) atoms. The van der Waals surface area contributed by atoms with Gasteiger partial charge in [-0.05, 0) is 116 Å². The summed E-state index contributed by atoms with van der Waals surface area (Å²) >= 11 is 0. The molecule has 0 radical (unpaired) electrons. The van der Waals surface area contributed by atoms with Gasteiger partial charge in [-0.25, -0.2) is 9.13 Å². The Morgan fingerprint density at radius 3 is 0.800 bits per heavy atom. The summed E-state index contributed by atoms with van der Waals surface area (Å²) in [6.07, 6.45) is 96.7. The zero-order chi connectivity index (χ0) is 76.6. The Labute approximate surface area is 639 Å². The number of unbranched alkanes of at least 4 members (excludes halogenated alkanes) is 33. The van der Waals surface area contributed by atoms with Crippen molar-refractivity contribution in [1.29, 1.82) is 0 Å². The van der Waals surface area contributed by atoms with Crippen molar-refractivity contribution in [2.75, 3.05) is 39.6 Å². The molecular weight excluding hydrogens is 1360 g/mol. The van der Waals surface area contributed by atoms with Crippen LogP contribution in [0, 0.1) is 0 Å². The molecule has 0 aliphatic rings. The molecule has 0 aromatic rings. The van der Waals surface area contributed by atoms with E-state index in [4.69, 9.17) is 32.3 Å². The van der Waals surface area contributed by atoms with Gasteiger partial charge in [0.15, 0.2) is 6.10 Å². The van der Waals surface area contributed by atoms with Crippen LogP contribution in [0.3, 0.4) is 0 Å². The summed E-state index contributed by atoms with van der Waals surface area (Å²) in [5, 5.41) is 20.6. The number of hydrogen-bond donors (Lipinski definition) is 4. The third kappa shape index (κ3) is 80.5. The van der Waals surface area contributed by atoms with Crippen molar-refractivity contribution in [2.45, 2.75) is 360 Å². The molecule has 0 aromatic heterocycles. The normalized spacial score (nSPS) is 14.6. The van der Waals surface area contributed by atoms with Crippen LogP contribution in [0.15, 0.2) is 134 Å². The van der Waals surface area contributed by atoms with Gasteiger partial charge in [0.05, 0.1) is 26.4 Å². The molecule has 0 heterocycles. The van der Waals surface area contributed by atoms with Crippen molar-refractivity contribution >= 4 is 33.6 Å². The maximum absolute atomic E-state index is 12.9. The molecule has 0 fully saturated rings. The van der Waals surface area contributed by atoms with Crippen LogP contribution in [0.1, 0.15) is 342 Å². The summed E-state index contributed by atoms with van der Waals surface area (Å²) in [7, 11) is -9.78. The largest absolute Gasteiger partial charge is 0.472 e. The fourth-order valence-corrected chi connectivity index (χ4v) is 12.7. The topological polar surface area (TPSA) is 231 Å². The van der Waals surface area contributed by atoms with Crippen LogP contribution in [0.2, 0.25) is 0 Å². The van der Waals surface area contributed by atoms with Crippen LogP contribution in [0.4, 0.5) is 0 Å². The monoisotopic (exact) mass is 1510 g/mol. The molecule has 18 heteroatoms. The highest BCUT2D eigenvalue weighted by Crippen LogP contribution is 2.45. The second kappa shape index (κ2) is 79.2. The van der Waals surface area contributed by atoms with Crippen LogP contribution in [-0.4, -0.2) is 95.9 Å². The Morgan fingerprint density at radius 1 is 0.276 bits per heavy atom. The van der Waals surface area contributed by atoms with E-state index in [1.807, 2.05) is 0 Å². The highest BCUT2D eigenvalue weighted by atomic mass is 31.2. The number of aliphatic hydroxyl groups is 2. The highest BCUT2D eigenvalue weighted by Gasteiger charge is 2.29. The minimum atomic E-state index is -4.93. The Bertz CT molecular complexity index is 2440. The lowest BCUT2D eigenvalue weighted by Crippen LogP contribution is -2.30. The first-order chi connectivity index (χ1) is 51.2. The average Bonchev–Trinajstić information content (AvgIpc) is 0.918. The van der Waals surface area contributed by atoms with E-state index in [9.17, 15) is 43.5 Å². The summed E-state index contributed by atoms with van der Waals surface area (Å²) in [5.41, 5.74) is 0. The number of rotatable bonds is 78. The summed E-state index contributed by atoms with van der Waals surface area (Å²) in [4.78, 5) is 58.6. The van der Waals surface area contributed by atoms with Gasteiger partial charge in [-0.2, -0.15) is 0 Å². The van der Waals surface area contributed by atoms with Gasteiger partial charge in [0.1, 0.15) is 25.4 Å². The van der Waals surface area contributed by atoms with Gasteiger partial charge in [-0.15, -0.1) is 0 Å². The molecule has 0 aliphatic carbocycles. The average molecular weight is 1510 g/mol. The number of allylic oxidation sites excluding steroid dienone is 22. The molecule has 0 spiro atoms. The predicted octanol–water partition coefficient (Wildman–Crippen LogP) is 24.7. The molecule has 604 valence electrons. The van der Waals surface area contributed by atoms with Gasteiger partial charge in [0, 0.05) is 19.3 Å². The lowest BCUT2D eigenvalue weighted by molar-refractivity contribution is -0.161. The fraction of sp³-hybridized carbons (Fsp3) is 0.713. The van der Waals surface area contributed by atoms with E-state index in [0.29, 0.717) is 19.3 Å². The minimum Gasteiger partial charge on any atom is -0.463 e. The number of carbonyl (C=O) groups excluding carboxylic acids is 3. The number of phosphoric acid groups is 2. The van der Waals surface area contributed by atoms with Crippen LogP contribution in [0.5, 0.6) is 0 Å². The molecule has 0 aliphatic heterocycles. The van der Waals surface area contributed by atoms with Gasteiger partial charge in [0.2, 0.25) is 0 Å². The van der Waals surface area contributed by atoms with Crippen molar-refractivity contribution in [3.05, 3.63) is 134 Å². The lowest BCUT2D eigenvalue weighted by Gasteiger charge is -2.21. The van der Waals surface area contributed by atoms with E-state index in [1.54, 1.807) is 0 Å². The molecule has 0 bridgehead atoms. The van der Waals surface area contributed by atoms with E-state index < -0.39 is 91.5 Å². The van der Waals surface area contributed by atoms with Gasteiger partial charge in [0.25, 0.3) is 0 Å². The third-order valence-corrected chi connectivity index (χ3v) is 19.3. The second-order valence-corrected chi connectivity index (χ2v) is 30.4. The molecule has 0 aromatic carbocycles. The van der Waals surface area contributed by atoms with E-state index in [2.05, 4.69) is 154 Å². The SMILES string of the molecule is CC/C=C\C/C=C\C/C=C\C/C=C\C/C=C\C/C=C\CCCCCCCCCCCCCCCCCCC(=O)OCC(O)COP(=O)(O)OCC(O)COP(=O)(O)OCC(COC(=O)CCCCCCCCC/C=C\C/C=C\C/C=C\C/C=C\C/C=C\CC)OC(=O)CCCCCCCCCCCCC. The zero-order valence-electron chi connectivity index (χ0n) is 66.1. The fourth-order valence-electron chi connectivity index (χ4n) is 11.1. The molecule has 0 saturated heterocycles. The van der Waals surface area contributed by atoms with Crippen molar-refractivity contribution in [3.63, 3.8) is 0 Å². The third-order valence-electron chi connectivity index (χ3n) is 17.4. The summed E-state index contributed by atoms with van der Waals surface area (Å²) < 4.78 is 61.1. The number of carbonyl (C=O) groups is 3. The van der Waals surface area contributed by atoms with Crippen molar-refractivity contribution in [2.24, 2.45) is 0 Å². The maximum atomic E-state index is 12.9. The Hall–Kier alpha value is -4.31. The van der Waals surface area contributed by atoms with E-state index in [1.165, 1.54) is 122 Å². The molecule has 0 saturated carbocycles. The highest BCUT2D eigenvalue weighted by molar-refractivity contribution is 7.47. The van der Waals surface area contributed by atoms with Crippen molar-refractivity contribution in [3.8, 4) is 0 Å². The maximum Gasteiger partial charge on any atom is 0.472 e. The Morgan fingerprint density at radius 2 is 0.505 bits per heavy atom. The van der Waals surface area contributed by atoms with E-state index in [0.717, 1.165) is 161 Å².